The van der Waals surface area contributed by atoms with Crippen LogP contribution in [0.15, 0.2) is 0 Å². The lowest BCUT2D eigenvalue weighted by molar-refractivity contribution is -0.133. The van der Waals surface area contributed by atoms with Crippen molar-refractivity contribution in [1.29, 1.82) is 0 Å². The van der Waals surface area contributed by atoms with Crippen molar-refractivity contribution >= 4 is 30.7 Å². The van der Waals surface area contributed by atoms with Gasteiger partial charge in [0.05, 0.1) is 13.2 Å². The highest BCUT2D eigenvalue weighted by Gasteiger charge is 2.49. The van der Waals surface area contributed by atoms with Crippen LogP contribution in [0.5, 0.6) is 0 Å². The Balaban J connectivity index is 0.00000110. The highest BCUT2D eigenvalue weighted by molar-refractivity contribution is 5.85. The first-order valence-electron chi connectivity index (χ1n) is 7.55. The lowest BCUT2D eigenvalue weighted by Crippen LogP contribution is -2.43. The molecular formula is C14H27Cl2N3O2. The van der Waals surface area contributed by atoms with Crippen molar-refractivity contribution in [3.8, 4) is 0 Å². The molecule has 0 radical (unpaired) electrons. The largest absolute Gasteiger partial charge is 0.396 e. The van der Waals surface area contributed by atoms with Crippen LogP contribution in [0, 0.1) is 11.3 Å². The molecule has 0 spiro atoms. The number of nitrogens with one attached hydrogen (secondary N) is 1. The molecule has 2 unspecified atom stereocenters. The Labute approximate surface area is 139 Å². The normalized spacial score (nSPS) is 32.2. The predicted molar refractivity (Wildman–Crippen MR) is 87.2 cm³/mol. The zero-order valence-electron chi connectivity index (χ0n) is 12.4. The molecule has 3 rings (SSSR count). The van der Waals surface area contributed by atoms with Crippen LogP contribution in [0.1, 0.15) is 19.3 Å². The number of nitrogens with zero attached hydrogens (tertiary/aromatic N) is 2. The van der Waals surface area contributed by atoms with Crippen LogP contribution < -0.4 is 5.32 Å². The van der Waals surface area contributed by atoms with Gasteiger partial charge in [-0.2, -0.15) is 0 Å². The summed E-state index contributed by atoms with van der Waals surface area (Å²) in [6.07, 6.45) is 3.56. The van der Waals surface area contributed by atoms with Crippen LogP contribution in [-0.2, 0) is 4.79 Å². The standard InChI is InChI=1S/C14H25N3O2.2ClH/c18-11-14-9-15-6-12(14)7-16(10-14)8-13(19)17-4-2-1-3-5-17;;/h12,15,18H,1-11H2;2*1H. The fourth-order valence-corrected chi connectivity index (χ4v) is 3.91. The van der Waals surface area contributed by atoms with Gasteiger partial charge >= 0.3 is 0 Å². The number of carbonyl (C=O) groups excluding carboxylic acids is 1. The van der Waals surface area contributed by atoms with Gasteiger partial charge in [-0.15, -0.1) is 24.8 Å². The van der Waals surface area contributed by atoms with Crippen LogP contribution in [0.4, 0.5) is 0 Å². The second-order valence-corrected chi connectivity index (χ2v) is 6.46. The molecule has 3 heterocycles. The number of aliphatic hydroxyl groups excluding tert-OH is 1. The van der Waals surface area contributed by atoms with Crippen molar-refractivity contribution in [3.05, 3.63) is 0 Å². The van der Waals surface area contributed by atoms with Gasteiger partial charge in [0.2, 0.25) is 5.91 Å². The van der Waals surface area contributed by atoms with Crippen molar-refractivity contribution < 1.29 is 9.90 Å². The molecule has 7 heteroatoms. The van der Waals surface area contributed by atoms with E-state index in [-0.39, 0.29) is 42.7 Å². The zero-order chi connectivity index (χ0) is 13.3. The van der Waals surface area contributed by atoms with E-state index in [0.717, 1.165) is 52.1 Å². The molecule has 0 aromatic carbocycles. The topological polar surface area (TPSA) is 55.8 Å². The lowest BCUT2D eigenvalue weighted by atomic mass is 9.82. The number of halogens is 2. The SMILES string of the molecule is Cl.Cl.O=C(CN1CC2CNCC2(CO)C1)N1CCCCC1. The monoisotopic (exact) mass is 339 g/mol. The molecule has 2 atom stereocenters. The maximum absolute atomic E-state index is 12.3. The Hall–Kier alpha value is -0.0700. The highest BCUT2D eigenvalue weighted by Crippen LogP contribution is 2.38. The maximum atomic E-state index is 12.3. The Kier molecular flexibility index (Phi) is 7.20. The predicted octanol–water partition coefficient (Wildman–Crippen LogP) is 0.356. The number of piperidine rings is 1. The third-order valence-corrected chi connectivity index (χ3v) is 5.13. The molecule has 3 saturated heterocycles. The van der Waals surface area contributed by atoms with E-state index in [4.69, 9.17) is 0 Å². The Morgan fingerprint density at radius 2 is 1.95 bits per heavy atom. The average molecular weight is 340 g/mol. The summed E-state index contributed by atoms with van der Waals surface area (Å²) in [7, 11) is 0. The first-order chi connectivity index (χ1) is 9.23. The molecule has 0 bridgehead atoms. The number of likely N-dealkylation sites (tertiary alicyclic amines) is 2. The molecule has 0 aromatic rings. The van der Waals surface area contributed by atoms with E-state index >= 15 is 0 Å². The first-order valence-corrected chi connectivity index (χ1v) is 7.55. The molecule has 1 amide bonds. The highest BCUT2D eigenvalue weighted by atomic mass is 35.5. The van der Waals surface area contributed by atoms with E-state index in [9.17, 15) is 9.90 Å². The number of aliphatic hydroxyl groups is 1. The van der Waals surface area contributed by atoms with Gasteiger partial charge in [-0.25, -0.2) is 0 Å². The third-order valence-electron chi connectivity index (χ3n) is 5.13. The third kappa shape index (κ3) is 3.82. The van der Waals surface area contributed by atoms with Gasteiger partial charge in [0.1, 0.15) is 0 Å². The van der Waals surface area contributed by atoms with Crippen molar-refractivity contribution in [3.63, 3.8) is 0 Å². The summed E-state index contributed by atoms with van der Waals surface area (Å²) in [4.78, 5) is 16.5. The van der Waals surface area contributed by atoms with Crippen molar-refractivity contribution in [2.24, 2.45) is 11.3 Å². The van der Waals surface area contributed by atoms with Gasteiger partial charge in [0, 0.05) is 38.1 Å². The molecule has 2 N–H and O–H groups in total. The number of rotatable bonds is 3. The molecule has 21 heavy (non-hydrogen) atoms. The van der Waals surface area contributed by atoms with Crippen molar-refractivity contribution in [1.82, 2.24) is 15.1 Å². The summed E-state index contributed by atoms with van der Waals surface area (Å²) in [5.74, 6) is 0.785. The van der Waals surface area contributed by atoms with Crippen LogP contribution in [0.25, 0.3) is 0 Å². The summed E-state index contributed by atoms with van der Waals surface area (Å²) in [6, 6.07) is 0. The quantitative estimate of drug-likeness (QED) is 0.779. The molecule has 124 valence electrons. The van der Waals surface area contributed by atoms with E-state index < -0.39 is 0 Å². The van der Waals surface area contributed by atoms with Crippen molar-refractivity contribution in [2.75, 3.05) is 52.4 Å². The number of hydrogen-bond acceptors (Lipinski definition) is 4. The van der Waals surface area contributed by atoms with E-state index in [1.807, 2.05) is 4.90 Å². The summed E-state index contributed by atoms with van der Waals surface area (Å²) >= 11 is 0. The number of carbonyl (C=O) groups is 1. The fourth-order valence-electron chi connectivity index (χ4n) is 3.91. The molecule has 3 fully saturated rings. The fraction of sp³-hybridized carbons (Fsp3) is 0.929. The second-order valence-electron chi connectivity index (χ2n) is 6.46. The molecule has 0 aromatic heterocycles. The minimum absolute atomic E-state index is 0. The summed E-state index contributed by atoms with van der Waals surface area (Å²) in [6.45, 7) is 6.33. The van der Waals surface area contributed by atoms with Gasteiger partial charge in [-0.3, -0.25) is 9.69 Å². The number of fused-ring (bicyclic) bond motifs is 1. The summed E-state index contributed by atoms with van der Waals surface area (Å²) < 4.78 is 0. The molecule has 5 nitrogen and oxygen atoms in total. The molecule has 3 aliphatic rings. The van der Waals surface area contributed by atoms with Gasteiger partial charge in [0.15, 0.2) is 0 Å². The van der Waals surface area contributed by atoms with Crippen molar-refractivity contribution in [2.45, 2.75) is 19.3 Å². The van der Waals surface area contributed by atoms with E-state index in [1.54, 1.807) is 0 Å². The minimum Gasteiger partial charge on any atom is -0.396 e. The lowest BCUT2D eigenvalue weighted by Gasteiger charge is -2.29. The van der Waals surface area contributed by atoms with Crippen LogP contribution in [0.2, 0.25) is 0 Å². The van der Waals surface area contributed by atoms with Crippen LogP contribution in [0.3, 0.4) is 0 Å². The average Bonchev–Trinajstić information content (AvgIpc) is 2.96. The van der Waals surface area contributed by atoms with Crippen LogP contribution in [-0.4, -0.2) is 73.2 Å². The molecular weight excluding hydrogens is 313 g/mol. The van der Waals surface area contributed by atoms with Gasteiger partial charge in [-0.1, -0.05) is 0 Å². The van der Waals surface area contributed by atoms with Gasteiger partial charge < -0.3 is 15.3 Å². The number of amides is 1. The molecule has 0 saturated carbocycles. The van der Waals surface area contributed by atoms with Crippen LogP contribution >= 0.6 is 24.8 Å². The van der Waals surface area contributed by atoms with E-state index in [1.165, 1.54) is 6.42 Å². The maximum Gasteiger partial charge on any atom is 0.236 e. The Bertz CT molecular complexity index is 353. The van der Waals surface area contributed by atoms with E-state index in [2.05, 4.69) is 10.2 Å². The van der Waals surface area contributed by atoms with Gasteiger partial charge in [-0.05, 0) is 31.7 Å². The number of hydrogen-bond donors (Lipinski definition) is 2. The first kappa shape index (κ1) is 19.0. The van der Waals surface area contributed by atoms with Gasteiger partial charge in [0.25, 0.3) is 0 Å². The smallest absolute Gasteiger partial charge is 0.236 e. The minimum atomic E-state index is 0. The second kappa shape index (κ2) is 7.97. The zero-order valence-corrected chi connectivity index (χ0v) is 14.1. The summed E-state index contributed by atoms with van der Waals surface area (Å²) in [5, 5.41) is 13.0. The summed E-state index contributed by atoms with van der Waals surface area (Å²) in [5.41, 5.74) is 0.00216. The molecule has 3 aliphatic heterocycles. The Morgan fingerprint density at radius 1 is 1.24 bits per heavy atom. The van der Waals surface area contributed by atoms with E-state index in [0.29, 0.717) is 12.5 Å². The Morgan fingerprint density at radius 3 is 2.57 bits per heavy atom. The molecule has 0 aliphatic carbocycles.